The first-order valence-electron chi connectivity index (χ1n) is 5.84. The van der Waals surface area contributed by atoms with Crippen LogP contribution in [-0.2, 0) is 4.79 Å². The van der Waals surface area contributed by atoms with Gasteiger partial charge in [-0.25, -0.2) is 4.39 Å². The number of halogens is 2. The smallest absolute Gasteiger partial charge is 0.165 e. The van der Waals surface area contributed by atoms with Crippen LogP contribution >= 0.6 is 15.9 Å². The monoisotopic (exact) mass is 288 g/mol. The van der Waals surface area contributed by atoms with Gasteiger partial charge in [-0.05, 0) is 34.7 Å². The van der Waals surface area contributed by atoms with Crippen molar-refractivity contribution in [1.82, 2.24) is 0 Å². The molecular formula is C13H18BrFO. The van der Waals surface area contributed by atoms with Crippen molar-refractivity contribution in [3.63, 3.8) is 0 Å². The summed E-state index contributed by atoms with van der Waals surface area (Å²) in [5.74, 6) is 0.228. The van der Waals surface area contributed by atoms with Crippen LogP contribution in [0.5, 0.6) is 0 Å². The van der Waals surface area contributed by atoms with Gasteiger partial charge in [0.25, 0.3) is 0 Å². The largest absolute Gasteiger partial charge is 0.294 e. The molecule has 1 atom stereocenters. The molecule has 1 aliphatic carbocycles. The number of carbonyl (C=O) groups is 1. The molecule has 1 aliphatic rings. The molecule has 1 rings (SSSR count). The molecule has 0 heterocycles. The first-order valence-corrected chi connectivity index (χ1v) is 6.63. The van der Waals surface area contributed by atoms with Crippen molar-refractivity contribution in [2.45, 2.75) is 46.0 Å². The van der Waals surface area contributed by atoms with Gasteiger partial charge >= 0.3 is 0 Å². The van der Waals surface area contributed by atoms with Gasteiger partial charge < -0.3 is 0 Å². The lowest BCUT2D eigenvalue weighted by molar-refractivity contribution is -0.115. The van der Waals surface area contributed by atoms with Gasteiger partial charge in [-0.1, -0.05) is 32.8 Å². The van der Waals surface area contributed by atoms with E-state index in [-0.39, 0.29) is 11.6 Å². The lowest BCUT2D eigenvalue weighted by atomic mass is 9.94. The van der Waals surface area contributed by atoms with E-state index in [1.165, 1.54) is 0 Å². The van der Waals surface area contributed by atoms with Crippen molar-refractivity contribution in [2.75, 3.05) is 0 Å². The fraction of sp³-hybridized carbons (Fsp3) is 0.615. The molecular weight excluding hydrogens is 271 g/mol. The van der Waals surface area contributed by atoms with E-state index >= 15 is 0 Å². The Morgan fingerprint density at radius 3 is 2.88 bits per heavy atom. The van der Waals surface area contributed by atoms with E-state index in [2.05, 4.69) is 29.8 Å². The maximum Gasteiger partial charge on any atom is 0.165 e. The van der Waals surface area contributed by atoms with Crippen molar-refractivity contribution >= 4 is 21.7 Å². The molecule has 0 amide bonds. The second-order valence-electron chi connectivity index (χ2n) is 4.38. The van der Waals surface area contributed by atoms with E-state index in [0.29, 0.717) is 28.8 Å². The van der Waals surface area contributed by atoms with Crippen molar-refractivity contribution in [2.24, 2.45) is 5.92 Å². The summed E-state index contributed by atoms with van der Waals surface area (Å²) in [7, 11) is 0. The Bertz CT molecular complexity index is 331. The van der Waals surface area contributed by atoms with Gasteiger partial charge in [0.1, 0.15) is 5.83 Å². The predicted molar refractivity (Wildman–Crippen MR) is 68.1 cm³/mol. The standard InChI is InChI=1S/C13H18BrFO/c1-3-9(2)5-4-6-10-12(16)8-7-11(14)13(10)15/h7,9H,3-6,8H2,1-2H3/t9-/m0/s1. The Kier molecular flexibility index (Phi) is 5.39. The summed E-state index contributed by atoms with van der Waals surface area (Å²) in [6, 6.07) is 0. The van der Waals surface area contributed by atoms with Gasteiger partial charge in [0.05, 0.1) is 4.48 Å². The van der Waals surface area contributed by atoms with Crippen molar-refractivity contribution < 1.29 is 9.18 Å². The Morgan fingerprint density at radius 1 is 1.56 bits per heavy atom. The summed E-state index contributed by atoms with van der Waals surface area (Å²) in [4.78, 5) is 11.5. The highest BCUT2D eigenvalue weighted by Crippen LogP contribution is 2.31. The van der Waals surface area contributed by atoms with Crippen LogP contribution in [0.4, 0.5) is 4.39 Å². The zero-order valence-corrected chi connectivity index (χ0v) is 11.4. The summed E-state index contributed by atoms with van der Waals surface area (Å²) >= 11 is 3.13. The van der Waals surface area contributed by atoms with Crippen molar-refractivity contribution in [3.8, 4) is 0 Å². The van der Waals surface area contributed by atoms with Crippen LogP contribution < -0.4 is 0 Å². The van der Waals surface area contributed by atoms with Gasteiger partial charge in [0.15, 0.2) is 5.78 Å². The molecule has 16 heavy (non-hydrogen) atoms. The number of rotatable bonds is 5. The number of ketones is 1. The molecule has 0 saturated carbocycles. The van der Waals surface area contributed by atoms with Crippen LogP contribution in [0.15, 0.2) is 22.0 Å². The molecule has 3 heteroatoms. The van der Waals surface area contributed by atoms with Crippen LogP contribution in [0.25, 0.3) is 0 Å². The molecule has 0 aromatic carbocycles. The number of Topliss-reactive ketones (excluding diaryl/α,β-unsaturated/α-hetero) is 1. The van der Waals surface area contributed by atoms with Crippen LogP contribution in [0.1, 0.15) is 46.0 Å². The normalized spacial score (nSPS) is 18.8. The summed E-state index contributed by atoms with van der Waals surface area (Å²) in [6.07, 6.45) is 5.57. The van der Waals surface area contributed by atoms with Gasteiger partial charge in [-0.3, -0.25) is 4.79 Å². The van der Waals surface area contributed by atoms with E-state index in [4.69, 9.17) is 0 Å². The minimum Gasteiger partial charge on any atom is -0.294 e. The van der Waals surface area contributed by atoms with Gasteiger partial charge in [-0.2, -0.15) is 0 Å². The Balaban J connectivity index is 2.55. The van der Waals surface area contributed by atoms with Crippen LogP contribution in [0.3, 0.4) is 0 Å². The minimum atomic E-state index is -0.361. The third-order valence-corrected chi connectivity index (χ3v) is 3.77. The maximum atomic E-state index is 13.6. The second-order valence-corrected chi connectivity index (χ2v) is 5.23. The highest BCUT2D eigenvalue weighted by Gasteiger charge is 2.21. The molecule has 0 spiro atoms. The third-order valence-electron chi connectivity index (χ3n) is 3.10. The van der Waals surface area contributed by atoms with E-state index in [9.17, 15) is 9.18 Å². The fourth-order valence-electron chi connectivity index (χ4n) is 1.74. The zero-order valence-electron chi connectivity index (χ0n) is 9.85. The number of carbonyl (C=O) groups excluding carboxylic acids is 1. The highest BCUT2D eigenvalue weighted by atomic mass is 79.9. The molecule has 0 bridgehead atoms. The number of hydrogen-bond donors (Lipinski definition) is 0. The molecule has 0 aliphatic heterocycles. The summed E-state index contributed by atoms with van der Waals surface area (Å²) in [5, 5.41) is 0. The summed E-state index contributed by atoms with van der Waals surface area (Å²) < 4.78 is 14.1. The number of hydrogen-bond acceptors (Lipinski definition) is 1. The van der Waals surface area contributed by atoms with E-state index in [1.807, 2.05) is 0 Å². The lowest BCUT2D eigenvalue weighted by Crippen LogP contribution is -2.08. The van der Waals surface area contributed by atoms with E-state index in [1.54, 1.807) is 6.08 Å². The lowest BCUT2D eigenvalue weighted by Gasteiger charge is -2.13. The maximum absolute atomic E-state index is 13.6. The first kappa shape index (κ1) is 13.6. The van der Waals surface area contributed by atoms with Crippen molar-refractivity contribution in [3.05, 3.63) is 22.0 Å². The molecule has 90 valence electrons. The fourth-order valence-corrected chi connectivity index (χ4v) is 2.14. The molecule has 0 saturated heterocycles. The molecule has 1 nitrogen and oxygen atoms in total. The summed E-state index contributed by atoms with van der Waals surface area (Å²) in [6.45, 7) is 4.33. The first-order chi connectivity index (χ1) is 7.56. The molecule has 0 aromatic heterocycles. The zero-order chi connectivity index (χ0) is 12.1. The van der Waals surface area contributed by atoms with Crippen LogP contribution in [-0.4, -0.2) is 5.78 Å². The van der Waals surface area contributed by atoms with Gasteiger partial charge in [0, 0.05) is 12.0 Å². The SMILES string of the molecule is CC[C@H](C)CCCC1=C(F)C(Br)=CCC1=O. The van der Waals surface area contributed by atoms with Crippen molar-refractivity contribution in [1.29, 1.82) is 0 Å². The van der Waals surface area contributed by atoms with E-state index in [0.717, 1.165) is 19.3 Å². The number of allylic oxidation sites excluding steroid dienone is 4. The van der Waals surface area contributed by atoms with E-state index < -0.39 is 0 Å². The second kappa shape index (κ2) is 6.33. The Labute approximate surface area is 105 Å². The summed E-state index contributed by atoms with van der Waals surface area (Å²) in [5.41, 5.74) is 0.373. The quantitative estimate of drug-likeness (QED) is 0.718. The molecule has 0 unspecified atom stereocenters. The Morgan fingerprint density at radius 2 is 2.25 bits per heavy atom. The Hall–Kier alpha value is -0.440. The molecule has 0 radical (unpaired) electrons. The highest BCUT2D eigenvalue weighted by molar-refractivity contribution is 9.11. The van der Waals surface area contributed by atoms with Crippen LogP contribution in [0.2, 0.25) is 0 Å². The average Bonchev–Trinajstić information content (AvgIpc) is 2.28. The minimum absolute atomic E-state index is 0.0650. The molecule has 0 fully saturated rings. The molecule has 0 aromatic rings. The predicted octanol–water partition coefficient (Wildman–Crippen LogP) is 4.68. The van der Waals surface area contributed by atoms with Crippen LogP contribution in [0, 0.1) is 5.92 Å². The third kappa shape index (κ3) is 3.55. The molecule has 0 N–H and O–H groups in total. The average molecular weight is 289 g/mol. The van der Waals surface area contributed by atoms with Gasteiger partial charge in [-0.15, -0.1) is 0 Å². The topological polar surface area (TPSA) is 17.1 Å². The van der Waals surface area contributed by atoms with Gasteiger partial charge in [0.2, 0.25) is 0 Å².